The zero-order valence-corrected chi connectivity index (χ0v) is 13.2. The van der Waals surface area contributed by atoms with Gasteiger partial charge in [0.05, 0.1) is 5.56 Å². The summed E-state index contributed by atoms with van der Waals surface area (Å²) in [5, 5.41) is 18.9. The number of ether oxygens (including phenoxy) is 1. The van der Waals surface area contributed by atoms with E-state index in [9.17, 15) is 10.0 Å². The molecule has 2 heterocycles. The van der Waals surface area contributed by atoms with Gasteiger partial charge in [-0.3, -0.25) is 0 Å². The fourth-order valence-electron chi connectivity index (χ4n) is 2.04. The second kappa shape index (κ2) is 6.49. The van der Waals surface area contributed by atoms with Gasteiger partial charge in [-0.25, -0.2) is 4.79 Å². The van der Waals surface area contributed by atoms with Gasteiger partial charge < -0.3 is 14.4 Å². The van der Waals surface area contributed by atoms with Crippen LogP contribution in [0, 0.1) is 12.1 Å². The largest absolute Gasteiger partial charge is 0.619 e. The molecule has 0 radical (unpaired) electrons. The lowest BCUT2D eigenvalue weighted by Crippen LogP contribution is -2.24. The maximum atomic E-state index is 12.0. The molecule has 0 aliphatic rings. The van der Waals surface area contributed by atoms with Gasteiger partial charge in [-0.05, 0) is 26.0 Å². The van der Waals surface area contributed by atoms with E-state index >= 15 is 0 Å². The monoisotopic (exact) mass is 325 g/mol. The molecule has 0 fully saturated rings. The molecule has 2 aromatic heterocycles. The summed E-state index contributed by atoms with van der Waals surface area (Å²) in [6.07, 6.45) is 1.75. The molecule has 0 saturated heterocycles. The van der Waals surface area contributed by atoms with E-state index in [4.69, 9.17) is 9.15 Å². The van der Waals surface area contributed by atoms with E-state index in [-0.39, 0.29) is 11.5 Å². The molecule has 0 aliphatic heterocycles. The second-order valence-corrected chi connectivity index (χ2v) is 5.31. The van der Waals surface area contributed by atoms with Gasteiger partial charge >= 0.3 is 5.97 Å². The first-order chi connectivity index (χ1) is 11.5. The van der Waals surface area contributed by atoms with E-state index in [0.717, 1.165) is 11.1 Å². The first kappa shape index (κ1) is 15.7. The van der Waals surface area contributed by atoms with E-state index in [0.29, 0.717) is 10.6 Å². The number of nitrogens with zero attached hydrogens (tertiary/aromatic N) is 3. The molecule has 0 saturated carbocycles. The van der Waals surface area contributed by atoms with E-state index in [1.54, 1.807) is 6.92 Å². The molecule has 1 unspecified atom stereocenters. The smallest absolute Gasteiger partial charge is 0.339 e. The minimum atomic E-state index is -0.705. The molecule has 3 aromatic rings. The van der Waals surface area contributed by atoms with Gasteiger partial charge in [-0.2, -0.15) is 4.73 Å². The van der Waals surface area contributed by atoms with E-state index in [1.165, 1.54) is 24.5 Å². The van der Waals surface area contributed by atoms with Crippen LogP contribution in [0.3, 0.4) is 0 Å². The quantitative estimate of drug-likeness (QED) is 0.416. The highest BCUT2D eigenvalue weighted by atomic mass is 16.6. The Morgan fingerprint density at radius 2 is 1.83 bits per heavy atom. The van der Waals surface area contributed by atoms with Gasteiger partial charge in [0.1, 0.15) is 0 Å². The Morgan fingerprint density at radius 1 is 1.17 bits per heavy atom. The van der Waals surface area contributed by atoms with Crippen LogP contribution < -0.4 is 4.73 Å². The lowest BCUT2D eigenvalue weighted by molar-refractivity contribution is -0.605. The third kappa shape index (κ3) is 3.40. The van der Waals surface area contributed by atoms with Crippen molar-refractivity contribution < 1.29 is 18.7 Å². The van der Waals surface area contributed by atoms with Crippen LogP contribution in [0.4, 0.5) is 0 Å². The number of carbonyl (C=O) groups is 1. The molecule has 1 aromatic carbocycles. The van der Waals surface area contributed by atoms with Crippen molar-refractivity contribution in [2.24, 2.45) is 0 Å². The van der Waals surface area contributed by atoms with Gasteiger partial charge in [-0.1, -0.05) is 17.7 Å². The molecule has 0 N–H and O–H groups in total. The molecular formula is C17H15N3O4. The van der Waals surface area contributed by atoms with E-state index < -0.39 is 12.1 Å². The zero-order valence-electron chi connectivity index (χ0n) is 13.2. The number of hydrogen-bond donors (Lipinski definition) is 0. The molecule has 24 heavy (non-hydrogen) atoms. The Hall–Kier alpha value is -3.22. The van der Waals surface area contributed by atoms with Crippen molar-refractivity contribution in [3.63, 3.8) is 0 Å². The molecule has 7 nitrogen and oxygen atoms in total. The minimum Gasteiger partial charge on any atom is -0.619 e. The predicted octanol–water partition coefficient (Wildman–Crippen LogP) is 2.60. The van der Waals surface area contributed by atoms with Crippen molar-refractivity contribution >= 4 is 5.97 Å². The maximum absolute atomic E-state index is 12.0. The predicted molar refractivity (Wildman–Crippen MR) is 83.7 cm³/mol. The lowest BCUT2D eigenvalue weighted by Gasteiger charge is -2.09. The van der Waals surface area contributed by atoms with Gasteiger partial charge in [0.15, 0.2) is 18.5 Å². The normalized spacial score (nSPS) is 11.9. The number of esters is 1. The van der Waals surface area contributed by atoms with Gasteiger partial charge in [-0.15, -0.1) is 10.2 Å². The molecule has 7 heteroatoms. The van der Waals surface area contributed by atoms with Crippen molar-refractivity contribution in [1.29, 1.82) is 0 Å². The van der Waals surface area contributed by atoms with Crippen LogP contribution in [0.1, 0.15) is 34.8 Å². The average molecular weight is 325 g/mol. The van der Waals surface area contributed by atoms with E-state index in [2.05, 4.69) is 10.2 Å². The molecule has 1 atom stereocenters. The van der Waals surface area contributed by atoms with Crippen LogP contribution in [-0.2, 0) is 4.74 Å². The molecule has 0 amide bonds. The van der Waals surface area contributed by atoms with Crippen LogP contribution in [0.2, 0.25) is 0 Å². The standard InChI is InChI=1S/C17H15N3O4/c1-11-3-5-13(6-4-11)16-19-18-15(24-16)12(2)23-17(21)14-7-9-20(22)10-8-14/h3-10,12H,1-2H3. The zero-order chi connectivity index (χ0) is 17.1. The van der Waals surface area contributed by atoms with Gasteiger partial charge in [0, 0.05) is 17.7 Å². The Morgan fingerprint density at radius 3 is 2.50 bits per heavy atom. The van der Waals surface area contributed by atoms with E-state index in [1.807, 2.05) is 31.2 Å². The molecule has 3 rings (SSSR count). The molecular weight excluding hydrogens is 310 g/mol. The maximum Gasteiger partial charge on any atom is 0.339 e. The summed E-state index contributed by atoms with van der Waals surface area (Å²) in [6.45, 7) is 3.63. The van der Waals surface area contributed by atoms with Gasteiger partial charge in [0.25, 0.3) is 5.89 Å². The molecule has 0 spiro atoms. The highest BCUT2D eigenvalue weighted by Gasteiger charge is 2.20. The van der Waals surface area contributed by atoms with Crippen molar-refractivity contribution in [1.82, 2.24) is 10.2 Å². The Kier molecular flexibility index (Phi) is 4.24. The first-order valence-electron chi connectivity index (χ1n) is 7.33. The average Bonchev–Trinajstić information content (AvgIpc) is 3.06. The van der Waals surface area contributed by atoms with Crippen molar-refractivity contribution in [3.05, 3.63) is 71.0 Å². The highest BCUT2D eigenvalue weighted by molar-refractivity contribution is 5.89. The first-order valence-corrected chi connectivity index (χ1v) is 7.33. The van der Waals surface area contributed by atoms with Crippen LogP contribution in [0.25, 0.3) is 11.5 Å². The summed E-state index contributed by atoms with van der Waals surface area (Å²) in [7, 11) is 0. The second-order valence-electron chi connectivity index (χ2n) is 5.31. The van der Waals surface area contributed by atoms with Crippen molar-refractivity contribution in [2.75, 3.05) is 0 Å². The number of hydrogen-bond acceptors (Lipinski definition) is 6. The third-order valence-corrected chi connectivity index (χ3v) is 3.41. The number of aryl methyl sites for hydroxylation is 1. The SMILES string of the molecule is Cc1ccc(-c2nnc(C(C)OC(=O)c3cc[n+]([O-])cc3)o2)cc1. The number of rotatable bonds is 4. The summed E-state index contributed by atoms with van der Waals surface area (Å²) < 4.78 is 11.4. The Balaban J connectivity index is 1.71. The summed E-state index contributed by atoms with van der Waals surface area (Å²) in [4.78, 5) is 12.0. The third-order valence-electron chi connectivity index (χ3n) is 3.41. The van der Waals surface area contributed by atoms with Crippen LogP contribution in [0.15, 0.2) is 53.2 Å². The van der Waals surface area contributed by atoms with Crippen LogP contribution in [0.5, 0.6) is 0 Å². The summed E-state index contributed by atoms with van der Waals surface area (Å²) in [5.41, 5.74) is 2.19. The Labute approximate surface area is 138 Å². The number of pyridine rings is 1. The highest BCUT2D eigenvalue weighted by Crippen LogP contribution is 2.23. The topological polar surface area (TPSA) is 92.2 Å². The summed E-state index contributed by atoms with van der Waals surface area (Å²) >= 11 is 0. The van der Waals surface area contributed by atoms with Crippen LogP contribution in [-0.4, -0.2) is 16.2 Å². The van der Waals surface area contributed by atoms with Crippen molar-refractivity contribution in [2.45, 2.75) is 20.0 Å². The number of aromatic nitrogens is 3. The molecule has 0 bridgehead atoms. The molecule has 122 valence electrons. The summed E-state index contributed by atoms with van der Waals surface area (Å²) in [6, 6.07) is 10.4. The van der Waals surface area contributed by atoms with Crippen LogP contribution >= 0.6 is 0 Å². The molecule has 0 aliphatic carbocycles. The number of benzene rings is 1. The number of carbonyl (C=O) groups excluding carboxylic acids is 1. The fourth-order valence-corrected chi connectivity index (χ4v) is 2.04. The minimum absolute atomic E-state index is 0.203. The van der Waals surface area contributed by atoms with Crippen molar-refractivity contribution in [3.8, 4) is 11.5 Å². The van der Waals surface area contributed by atoms with Gasteiger partial charge in [0.2, 0.25) is 5.89 Å². The fraction of sp³-hybridized carbons (Fsp3) is 0.176. The Bertz CT molecular complexity index is 841. The lowest BCUT2D eigenvalue weighted by atomic mass is 10.1. The summed E-state index contributed by atoms with van der Waals surface area (Å²) in [5.74, 6) is -0.00747.